The van der Waals surface area contributed by atoms with Gasteiger partial charge in [-0.05, 0) is 37.8 Å². The standard InChI is InChI=1S/C14H22N4/c1-10-5-6-12-8-16-14(18(12)9-10)17-11(2)13-4-3-7-15-13/h3-4,7,10-12,15H,5-6,8-9H2,1-2H3,(H,16,17). The average molecular weight is 246 g/mol. The zero-order valence-electron chi connectivity index (χ0n) is 11.2. The number of hydrogen-bond donors (Lipinski definition) is 2. The highest BCUT2D eigenvalue weighted by atomic mass is 15.4. The SMILES string of the molecule is CC1CCC2CN=C(NC(C)c3ccc[nH]3)N2C1. The lowest BCUT2D eigenvalue weighted by Gasteiger charge is -2.36. The number of nitrogens with one attached hydrogen (secondary N) is 2. The van der Waals surface area contributed by atoms with Crippen LogP contribution in [0.15, 0.2) is 23.3 Å². The normalized spacial score (nSPS) is 28.8. The van der Waals surface area contributed by atoms with Crippen LogP contribution in [-0.4, -0.2) is 35.0 Å². The maximum Gasteiger partial charge on any atom is 0.194 e. The Morgan fingerprint density at radius 3 is 3.17 bits per heavy atom. The van der Waals surface area contributed by atoms with Crippen LogP contribution in [0.2, 0.25) is 0 Å². The van der Waals surface area contributed by atoms with Gasteiger partial charge in [0.05, 0.1) is 18.6 Å². The molecule has 1 fully saturated rings. The lowest BCUT2D eigenvalue weighted by Crippen LogP contribution is -2.48. The van der Waals surface area contributed by atoms with Gasteiger partial charge in [-0.3, -0.25) is 4.99 Å². The van der Waals surface area contributed by atoms with Crippen molar-refractivity contribution in [2.75, 3.05) is 13.1 Å². The summed E-state index contributed by atoms with van der Waals surface area (Å²) in [4.78, 5) is 10.4. The molecule has 2 N–H and O–H groups in total. The van der Waals surface area contributed by atoms with E-state index in [4.69, 9.17) is 0 Å². The fourth-order valence-corrected chi connectivity index (χ4v) is 2.95. The minimum absolute atomic E-state index is 0.287. The van der Waals surface area contributed by atoms with E-state index in [2.05, 4.69) is 40.1 Å². The quantitative estimate of drug-likeness (QED) is 0.839. The summed E-state index contributed by atoms with van der Waals surface area (Å²) in [5.41, 5.74) is 1.21. The number of aliphatic imine (C=N–C) groups is 1. The van der Waals surface area contributed by atoms with Gasteiger partial charge >= 0.3 is 0 Å². The summed E-state index contributed by atoms with van der Waals surface area (Å²) in [5.74, 6) is 1.88. The van der Waals surface area contributed by atoms with Crippen LogP contribution < -0.4 is 5.32 Å². The third-order valence-corrected chi connectivity index (χ3v) is 4.10. The molecule has 1 aromatic heterocycles. The van der Waals surface area contributed by atoms with Gasteiger partial charge in [0.2, 0.25) is 0 Å². The van der Waals surface area contributed by atoms with Crippen molar-refractivity contribution >= 4 is 5.96 Å². The zero-order valence-corrected chi connectivity index (χ0v) is 11.2. The third-order valence-electron chi connectivity index (χ3n) is 4.10. The molecule has 3 atom stereocenters. The summed E-state index contributed by atoms with van der Waals surface area (Å²) >= 11 is 0. The number of hydrogen-bond acceptors (Lipinski definition) is 3. The molecule has 0 bridgehead atoms. The fraction of sp³-hybridized carbons (Fsp3) is 0.643. The smallest absolute Gasteiger partial charge is 0.194 e. The Labute approximate surface area is 108 Å². The first-order chi connectivity index (χ1) is 8.74. The molecule has 18 heavy (non-hydrogen) atoms. The van der Waals surface area contributed by atoms with Crippen LogP contribution in [0.4, 0.5) is 0 Å². The van der Waals surface area contributed by atoms with Crippen LogP contribution in [-0.2, 0) is 0 Å². The molecule has 3 heterocycles. The molecule has 2 aliphatic rings. The highest BCUT2D eigenvalue weighted by molar-refractivity contribution is 5.82. The van der Waals surface area contributed by atoms with Crippen LogP contribution in [0.3, 0.4) is 0 Å². The van der Waals surface area contributed by atoms with Crippen molar-refractivity contribution in [2.45, 2.75) is 38.8 Å². The van der Waals surface area contributed by atoms with Crippen molar-refractivity contribution < 1.29 is 0 Å². The molecule has 0 amide bonds. The second-order valence-corrected chi connectivity index (χ2v) is 5.64. The van der Waals surface area contributed by atoms with Crippen LogP contribution in [0.25, 0.3) is 0 Å². The molecular formula is C14H22N4. The van der Waals surface area contributed by atoms with Crippen LogP contribution in [0.5, 0.6) is 0 Å². The largest absolute Gasteiger partial charge is 0.363 e. The molecule has 3 rings (SSSR count). The molecule has 0 aliphatic carbocycles. The van der Waals surface area contributed by atoms with Gasteiger partial charge in [-0.25, -0.2) is 0 Å². The molecule has 4 heteroatoms. The van der Waals surface area contributed by atoms with E-state index < -0.39 is 0 Å². The number of H-pyrrole nitrogens is 1. The number of rotatable bonds is 2. The van der Waals surface area contributed by atoms with Crippen molar-refractivity contribution in [1.82, 2.24) is 15.2 Å². The molecule has 0 saturated carbocycles. The fourth-order valence-electron chi connectivity index (χ4n) is 2.95. The van der Waals surface area contributed by atoms with Crippen molar-refractivity contribution in [3.63, 3.8) is 0 Å². The molecule has 1 saturated heterocycles. The first-order valence-electron chi connectivity index (χ1n) is 6.95. The summed E-state index contributed by atoms with van der Waals surface area (Å²) in [6, 6.07) is 5.08. The predicted molar refractivity (Wildman–Crippen MR) is 73.5 cm³/mol. The summed E-state index contributed by atoms with van der Waals surface area (Å²) < 4.78 is 0. The summed E-state index contributed by atoms with van der Waals surface area (Å²) in [6.07, 6.45) is 4.60. The topological polar surface area (TPSA) is 43.4 Å². The molecule has 3 unspecified atom stereocenters. The Morgan fingerprint density at radius 2 is 2.39 bits per heavy atom. The monoisotopic (exact) mass is 246 g/mol. The van der Waals surface area contributed by atoms with Crippen molar-refractivity contribution in [1.29, 1.82) is 0 Å². The molecule has 4 nitrogen and oxygen atoms in total. The minimum atomic E-state index is 0.287. The lowest BCUT2D eigenvalue weighted by molar-refractivity contribution is 0.210. The zero-order chi connectivity index (χ0) is 12.5. The van der Waals surface area contributed by atoms with E-state index in [1.54, 1.807) is 0 Å². The van der Waals surface area contributed by atoms with E-state index in [9.17, 15) is 0 Å². The number of piperidine rings is 1. The summed E-state index contributed by atoms with van der Waals surface area (Å²) in [7, 11) is 0. The van der Waals surface area contributed by atoms with E-state index in [-0.39, 0.29) is 6.04 Å². The number of aromatic nitrogens is 1. The molecule has 98 valence electrons. The maximum absolute atomic E-state index is 4.68. The van der Waals surface area contributed by atoms with Crippen LogP contribution >= 0.6 is 0 Å². The summed E-state index contributed by atoms with van der Waals surface area (Å²) in [6.45, 7) is 6.62. The van der Waals surface area contributed by atoms with Crippen molar-refractivity contribution in [3.8, 4) is 0 Å². The Hall–Kier alpha value is -1.45. The molecule has 0 spiro atoms. The highest BCUT2D eigenvalue weighted by Crippen LogP contribution is 2.26. The molecule has 1 aromatic rings. The number of fused-ring (bicyclic) bond motifs is 1. The van der Waals surface area contributed by atoms with Crippen molar-refractivity contribution in [2.24, 2.45) is 10.9 Å². The van der Waals surface area contributed by atoms with Crippen molar-refractivity contribution in [3.05, 3.63) is 24.0 Å². The van der Waals surface area contributed by atoms with Gasteiger partial charge in [0, 0.05) is 18.4 Å². The van der Waals surface area contributed by atoms with E-state index >= 15 is 0 Å². The molecule has 0 aromatic carbocycles. The second-order valence-electron chi connectivity index (χ2n) is 5.64. The van der Waals surface area contributed by atoms with Gasteiger partial charge in [-0.15, -0.1) is 0 Å². The molecule has 0 radical (unpaired) electrons. The van der Waals surface area contributed by atoms with E-state index in [0.29, 0.717) is 6.04 Å². The first kappa shape index (κ1) is 11.6. The van der Waals surface area contributed by atoms with Gasteiger partial charge in [0.15, 0.2) is 5.96 Å². The number of nitrogens with zero attached hydrogens (tertiary/aromatic N) is 2. The second kappa shape index (κ2) is 4.67. The maximum atomic E-state index is 4.68. The predicted octanol–water partition coefficient (Wildman–Crippen LogP) is 2.14. The minimum Gasteiger partial charge on any atom is -0.363 e. The van der Waals surface area contributed by atoms with E-state index in [1.165, 1.54) is 18.5 Å². The first-order valence-corrected chi connectivity index (χ1v) is 6.95. The highest BCUT2D eigenvalue weighted by Gasteiger charge is 2.33. The molecular weight excluding hydrogens is 224 g/mol. The van der Waals surface area contributed by atoms with Gasteiger partial charge in [0.1, 0.15) is 0 Å². The Kier molecular flexibility index (Phi) is 3.02. The number of guanidine groups is 1. The Morgan fingerprint density at radius 1 is 1.50 bits per heavy atom. The van der Waals surface area contributed by atoms with Crippen LogP contribution in [0, 0.1) is 5.92 Å². The van der Waals surface area contributed by atoms with Gasteiger partial charge < -0.3 is 15.2 Å². The van der Waals surface area contributed by atoms with Crippen LogP contribution in [0.1, 0.15) is 38.4 Å². The summed E-state index contributed by atoms with van der Waals surface area (Å²) in [5, 5.41) is 3.55. The third kappa shape index (κ3) is 2.11. The van der Waals surface area contributed by atoms with Gasteiger partial charge in [0.25, 0.3) is 0 Å². The van der Waals surface area contributed by atoms with E-state index in [0.717, 1.165) is 25.0 Å². The lowest BCUT2D eigenvalue weighted by atomic mass is 9.95. The molecule has 2 aliphatic heterocycles. The van der Waals surface area contributed by atoms with E-state index in [1.807, 2.05) is 12.3 Å². The Balaban J connectivity index is 1.66. The average Bonchev–Trinajstić information content (AvgIpc) is 2.99. The number of aromatic amines is 1. The van der Waals surface area contributed by atoms with Gasteiger partial charge in [-0.2, -0.15) is 0 Å². The Bertz CT molecular complexity index is 423. The van der Waals surface area contributed by atoms with Gasteiger partial charge in [-0.1, -0.05) is 6.92 Å².